The van der Waals surface area contributed by atoms with Gasteiger partial charge in [-0.2, -0.15) is 18.3 Å². The molecule has 1 aromatic rings. The molecule has 2 rings (SSSR count). The summed E-state index contributed by atoms with van der Waals surface area (Å²) in [5.74, 6) is -2.50. The molecule has 7 nitrogen and oxygen atoms in total. The summed E-state index contributed by atoms with van der Waals surface area (Å²) in [4.78, 5) is 29.0. The third-order valence-corrected chi connectivity index (χ3v) is 3.94. The molecule has 1 aliphatic rings. The lowest BCUT2D eigenvalue weighted by molar-refractivity contribution is -0.176. The van der Waals surface area contributed by atoms with E-state index in [1.165, 1.54) is 25.1 Å². The Morgan fingerprint density at radius 1 is 1.33 bits per heavy atom. The molecule has 1 fully saturated rings. The molecule has 24 heavy (non-hydrogen) atoms. The first-order valence-corrected chi connectivity index (χ1v) is 7.61. The monoisotopic (exact) mass is 347 g/mol. The Kier molecular flexibility index (Phi) is 5.14. The van der Waals surface area contributed by atoms with Gasteiger partial charge in [0.2, 0.25) is 5.91 Å². The largest absolute Gasteiger partial charge is 0.471 e. The molecule has 134 valence electrons. The fourth-order valence-corrected chi connectivity index (χ4v) is 2.79. The number of piperidine rings is 1. The van der Waals surface area contributed by atoms with Crippen molar-refractivity contribution in [1.82, 2.24) is 25.0 Å². The van der Waals surface area contributed by atoms with Gasteiger partial charge in [0.15, 0.2) is 0 Å². The van der Waals surface area contributed by atoms with E-state index in [0.29, 0.717) is 19.6 Å². The molecule has 2 heterocycles. The summed E-state index contributed by atoms with van der Waals surface area (Å²) in [7, 11) is 0. The summed E-state index contributed by atoms with van der Waals surface area (Å²) in [6.45, 7) is 4.00. The second kappa shape index (κ2) is 6.78. The third-order valence-electron chi connectivity index (χ3n) is 3.94. The number of carbonyl (C=O) groups excluding carboxylic acids is 2. The van der Waals surface area contributed by atoms with Crippen LogP contribution in [0.15, 0.2) is 12.7 Å². The van der Waals surface area contributed by atoms with Crippen molar-refractivity contribution in [3.05, 3.63) is 12.7 Å². The number of carbonyl (C=O) groups is 2. The van der Waals surface area contributed by atoms with E-state index in [1.54, 1.807) is 16.3 Å². The van der Waals surface area contributed by atoms with Gasteiger partial charge in [-0.25, -0.2) is 4.98 Å². The van der Waals surface area contributed by atoms with Crippen molar-refractivity contribution in [2.24, 2.45) is 5.92 Å². The molecular formula is C14H20F3N5O2. The first-order valence-electron chi connectivity index (χ1n) is 7.61. The van der Waals surface area contributed by atoms with E-state index in [0.717, 1.165) is 12.8 Å². The van der Waals surface area contributed by atoms with Crippen molar-refractivity contribution in [1.29, 1.82) is 0 Å². The van der Waals surface area contributed by atoms with Crippen LogP contribution >= 0.6 is 0 Å². The normalized spacial score (nSPS) is 19.2. The second-order valence-corrected chi connectivity index (χ2v) is 6.45. The van der Waals surface area contributed by atoms with Crippen LogP contribution in [-0.2, 0) is 16.1 Å². The number of rotatable bonds is 4. The van der Waals surface area contributed by atoms with E-state index in [-0.39, 0.29) is 5.92 Å². The van der Waals surface area contributed by atoms with Gasteiger partial charge in [-0.05, 0) is 32.6 Å². The predicted molar refractivity (Wildman–Crippen MR) is 77.6 cm³/mol. The Morgan fingerprint density at radius 2 is 2.04 bits per heavy atom. The van der Waals surface area contributed by atoms with Gasteiger partial charge in [-0.3, -0.25) is 14.3 Å². The van der Waals surface area contributed by atoms with Gasteiger partial charge in [0.05, 0.1) is 0 Å². The first-order chi connectivity index (χ1) is 11.1. The minimum absolute atomic E-state index is 0.138. The molecule has 2 amide bonds. The van der Waals surface area contributed by atoms with Crippen molar-refractivity contribution in [3.63, 3.8) is 0 Å². The minimum atomic E-state index is -5.02. The maximum atomic E-state index is 12.5. The zero-order valence-electron chi connectivity index (χ0n) is 13.5. The van der Waals surface area contributed by atoms with Crippen LogP contribution in [0, 0.1) is 5.92 Å². The van der Waals surface area contributed by atoms with E-state index in [4.69, 9.17) is 0 Å². The fraction of sp³-hybridized carbons (Fsp3) is 0.714. The van der Waals surface area contributed by atoms with Crippen LogP contribution in [0.5, 0.6) is 0 Å². The summed E-state index contributed by atoms with van der Waals surface area (Å²) in [6, 6.07) is 0. The van der Waals surface area contributed by atoms with Crippen LogP contribution in [-0.4, -0.2) is 56.3 Å². The number of likely N-dealkylation sites (tertiary alicyclic amines) is 1. The summed E-state index contributed by atoms with van der Waals surface area (Å²) < 4.78 is 38.9. The average Bonchev–Trinajstić information content (AvgIpc) is 2.98. The maximum absolute atomic E-state index is 12.5. The predicted octanol–water partition coefficient (Wildman–Crippen LogP) is 0.974. The van der Waals surface area contributed by atoms with Gasteiger partial charge in [0.25, 0.3) is 0 Å². The van der Waals surface area contributed by atoms with Gasteiger partial charge < -0.3 is 10.2 Å². The molecule has 0 saturated carbocycles. The molecule has 1 aliphatic heterocycles. The molecule has 1 N–H and O–H groups in total. The number of nitrogens with one attached hydrogen (secondary N) is 1. The van der Waals surface area contributed by atoms with Crippen molar-refractivity contribution >= 4 is 11.8 Å². The molecule has 0 aromatic carbocycles. The van der Waals surface area contributed by atoms with Crippen molar-refractivity contribution in [2.75, 3.05) is 13.1 Å². The lowest BCUT2D eigenvalue weighted by Gasteiger charge is -2.38. The smallest absolute Gasteiger partial charge is 0.340 e. The highest BCUT2D eigenvalue weighted by Crippen LogP contribution is 2.22. The molecule has 0 aliphatic carbocycles. The standard InChI is InChI=1S/C14H20F3N5O2/c1-13(2,20-11(23)14(15,16)17)12(24)21-5-3-4-10(6-21)7-22-9-18-8-19-22/h8-10H,3-7H2,1-2H3,(H,20,23). The van der Waals surface area contributed by atoms with E-state index >= 15 is 0 Å². The summed E-state index contributed by atoms with van der Waals surface area (Å²) in [5, 5.41) is 5.79. The van der Waals surface area contributed by atoms with Gasteiger partial charge in [0, 0.05) is 19.6 Å². The highest BCUT2D eigenvalue weighted by Gasteiger charge is 2.44. The van der Waals surface area contributed by atoms with E-state index in [9.17, 15) is 22.8 Å². The number of alkyl halides is 3. The number of hydrogen-bond donors (Lipinski definition) is 1. The molecular weight excluding hydrogens is 327 g/mol. The van der Waals surface area contributed by atoms with Crippen molar-refractivity contribution < 1.29 is 22.8 Å². The van der Waals surface area contributed by atoms with Crippen LogP contribution < -0.4 is 5.32 Å². The van der Waals surface area contributed by atoms with Crippen LogP contribution in [0.4, 0.5) is 13.2 Å². The highest BCUT2D eigenvalue weighted by molar-refractivity contribution is 5.92. The topological polar surface area (TPSA) is 80.1 Å². The van der Waals surface area contributed by atoms with Crippen molar-refractivity contribution in [2.45, 2.75) is 44.9 Å². The molecule has 1 saturated heterocycles. The molecule has 1 atom stereocenters. The Bertz CT molecular complexity index is 586. The Hall–Kier alpha value is -2.13. The van der Waals surface area contributed by atoms with Gasteiger partial charge >= 0.3 is 12.1 Å². The number of halogens is 3. The quantitative estimate of drug-likeness (QED) is 0.880. The van der Waals surface area contributed by atoms with Crippen LogP contribution in [0.2, 0.25) is 0 Å². The Balaban J connectivity index is 1.98. The van der Waals surface area contributed by atoms with E-state index < -0.39 is 23.5 Å². The number of nitrogens with zero attached hydrogens (tertiary/aromatic N) is 4. The molecule has 0 radical (unpaired) electrons. The SMILES string of the molecule is CC(C)(NC(=O)C(F)(F)F)C(=O)N1CCCC(Cn2cncn2)C1. The van der Waals surface area contributed by atoms with Crippen LogP contribution in [0.3, 0.4) is 0 Å². The maximum Gasteiger partial charge on any atom is 0.471 e. The number of aromatic nitrogens is 3. The molecule has 10 heteroatoms. The Morgan fingerprint density at radius 3 is 2.62 bits per heavy atom. The van der Waals surface area contributed by atoms with Gasteiger partial charge in [-0.15, -0.1) is 0 Å². The third kappa shape index (κ3) is 4.45. The van der Waals surface area contributed by atoms with E-state index in [2.05, 4.69) is 10.1 Å². The fourth-order valence-electron chi connectivity index (χ4n) is 2.79. The lowest BCUT2D eigenvalue weighted by atomic mass is 9.95. The first kappa shape index (κ1) is 18.2. The average molecular weight is 347 g/mol. The number of amides is 2. The Labute approximate surface area is 137 Å². The minimum Gasteiger partial charge on any atom is -0.340 e. The molecule has 0 spiro atoms. The zero-order chi connectivity index (χ0) is 18.0. The summed E-state index contributed by atoms with van der Waals surface area (Å²) in [6.07, 6.45) is -0.391. The van der Waals surface area contributed by atoms with Crippen LogP contribution in [0.1, 0.15) is 26.7 Å². The van der Waals surface area contributed by atoms with Crippen molar-refractivity contribution in [3.8, 4) is 0 Å². The van der Waals surface area contributed by atoms with Crippen LogP contribution in [0.25, 0.3) is 0 Å². The zero-order valence-corrected chi connectivity index (χ0v) is 13.5. The lowest BCUT2D eigenvalue weighted by Crippen LogP contribution is -2.59. The van der Waals surface area contributed by atoms with E-state index in [1.807, 2.05) is 0 Å². The number of hydrogen-bond acceptors (Lipinski definition) is 4. The molecule has 1 aromatic heterocycles. The summed E-state index contributed by atoms with van der Waals surface area (Å²) >= 11 is 0. The summed E-state index contributed by atoms with van der Waals surface area (Å²) in [5.41, 5.74) is -1.62. The molecule has 0 bridgehead atoms. The van der Waals surface area contributed by atoms with Gasteiger partial charge in [-0.1, -0.05) is 0 Å². The molecule has 1 unspecified atom stereocenters. The van der Waals surface area contributed by atoms with Gasteiger partial charge in [0.1, 0.15) is 18.2 Å². The second-order valence-electron chi connectivity index (χ2n) is 6.45. The highest BCUT2D eigenvalue weighted by atomic mass is 19.4.